The minimum atomic E-state index is -0.403. The maximum atomic E-state index is 14.3. The summed E-state index contributed by atoms with van der Waals surface area (Å²) in [5.74, 6) is -0.225. The van der Waals surface area contributed by atoms with Crippen LogP contribution in [0.4, 0.5) is 15.9 Å². The van der Waals surface area contributed by atoms with Crippen molar-refractivity contribution in [3.63, 3.8) is 0 Å². The number of hydrogen-bond acceptors (Lipinski definition) is 6. The first-order valence-electron chi connectivity index (χ1n) is 10.5. The summed E-state index contributed by atoms with van der Waals surface area (Å²) < 4.78 is 21.9. The molecule has 166 valence electrons. The van der Waals surface area contributed by atoms with E-state index >= 15 is 0 Å². The number of nitrogens with zero attached hydrogens (tertiary/aromatic N) is 5. The minimum Gasteiger partial charge on any atom is -0.382 e. The second kappa shape index (κ2) is 7.59. The molecule has 1 aromatic carbocycles. The number of hydrogen-bond donors (Lipinski definition) is 1. The van der Waals surface area contributed by atoms with E-state index in [4.69, 9.17) is 10.5 Å². The fourth-order valence-corrected chi connectivity index (χ4v) is 4.65. The Kier molecular flexibility index (Phi) is 4.85. The second-order valence-electron chi connectivity index (χ2n) is 8.34. The normalized spacial score (nSPS) is 18.4. The average Bonchev–Trinajstić information content (AvgIpc) is 3.06. The van der Waals surface area contributed by atoms with Crippen molar-refractivity contribution in [2.75, 3.05) is 37.4 Å². The van der Waals surface area contributed by atoms with Crippen molar-refractivity contribution < 1.29 is 13.9 Å². The molecule has 32 heavy (non-hydrogen) atoms. The van der Waals surface area contributed by atoms with Crippen LogP contribution in [0.25, 0.3) is 11.1 Å². The van der Waals surface area contributed by atoms with Gasteiger partial charge in [-0.25, -0.2) is 9.37 Å². The Morgan fingerprint density at radius 1 is 1.25 bits per heavy atom. The number of halogens is 1. The Bertz CT molecular complexity index is 1220. The number of carbonyl (C=O) groups is 1. The van der Waals surface area contributed by atoms with Gasteiger partial charge in [-0.05, 0) is 36.8 Å². The van der Waals surface area contributed by atoms with Crippen LogP contribution in [-0.4, -0.2) is 52.4 Å². The number of carbonyl (C=O) groups excluding carboxylic acids is 1. The minimum absolute atomic E-state index is 0.199. The number of anilines is 2. The van der Waals surface area contributed by atoms with Crippen LogP contribution >= 0.6 is 0 Å². The van der Waals surface area contributed by atoms with Crippen molar-refractivity contribution in [3.05, 3.63) is 58.8 Å². The molecule has 1 saturated heterocycles. The van der Waals surface area contributed by atoms with E-state index in [2.05, 4.69) is 15.0 Å². The molecule has 0 saturated carbocycles. The van der Waals surface area contributed by atoms with E-state index in [1.165, 1.54) is 12.1 Å². The number of rotatable bonds is 0. The highest BCUT2D eigenvalue weighted by Gasteiger charge is 2.32. The molecule has 0 spiro atoms. The monoisotopic (exact) mass is 436 g/mol. The van der Waals surface area contributed by atoms with Gasteiger partial charge >= 0.3 is 0 Å². The van der Waals surface area contributed by atoms with Gasteiger partial charge in [0, 0.05) is 49.2 Å². The topological polar surface area (TPSA) is 89.5 Å². The lowest BCUT2D eigenvalue weighted by Gasteiger charge is -2.39. The van der Waals surface area contributed by atoms with Crippen LogP contribution in [0.15, 0.2) is 30.5 Å². The molecule has 3 aromatic rings. The number of ether oxygens (including phenoxy) is 1. The highest BCUT2D eigenvalue weighted by atomic mass is 19.1. The zero-order valence-electron chi connectivity index (χ0n) is 18.3. The van der Waals surface area contributed by atoms with Gasteiger partial charge in [0.1, 0.15) is 11.6 Å². The van der Waals surface area contributed by atoms with Crippen LogP contribution in [0.5, 0.6) is 0 Å². The van der Waals surface area contributed by atoms with Gasteiger partial charge in [-0.2, -0.15) is 5.10 Å². The first-order chi connectivity index (χ1) is 15.3. The van der Waals surface area contributed by atoms with Gasteiger partial charge in [0.25, 0.3) is 5.91 Å². The molecular weight excluding hydrogens is 411 g/mol. The summed E-state index contributed by atoms with van der Waals surface area (Å²) >= 11 is 0. The maximum absolute atomic E-state index is 14.3. The third-order valence-electron chi connectivity index (χ3n) is 6.37. The van der Waals surface area contributed by atoms with Crippen molar-refractivity contribution >= 4 is 17.4 Å². The van der Waals surface area contributed by atoms with Gasteiger partial charge < -0.3 is 20.3 Å². The molecule has 0 unspecified atom stereocenters. The Labute approximate surface area is 185 Å². The number of nitrogens with two attached hydrogens (primary N) is 1. The maximum Gasteiger partial charge on any atom is 0.254 e. The van der Waals surface area contributed by atoms with Crippen LogP contribution in [0.1, 0.15) is 33.4 Å². The fourth-order valence-electron chi connectivity index (χ4n) is 4.65. The van der Waals surface area contributed by atoms with Crippen molar-refractivity contribution in [1.29, 1.82) is 0 Å². The molecule has 9 heteroatoms. The summed E-state index contributed by atoms with van der Waals surface area (Å²) in [5.41, 5.74) is 11.6. The summed E-state index contributed by atoms with van der Waals surface area (Å²) in [6, 6.07) is 5.92. The van der Waals surface area contributed by atoms with E-state index in [1.807, 2.05) is 20.0 Å². The number of morpholine rings is 1. The van der Waals surface area contributed by atoms with Gasteiger partial charge in [0.05, 0.1) is 37.2 Å². The molecule has 2 bridgehead atoms. The third kappa shape index (κ3) is 3.20. The number of aromatic nitrogens is 3. The largest absolute Gasteiger partial charge is 0.382 e. The van der Waals surface area contributed by atoms with Crippen molar-refractivity contribution in [2.45, 2.75) is 19.5 Å². The molecule has 8 nitrogen and oxygen atoms in total. The van der Waals surface area contributed by atoms with Gasteiger partial charge in [0.15, 0.2) is 0 Å². The highest BCUT2D eigenvalue weighted by molar-refractivity contribution is 5.96. The molecule has 4 heterocycles. The predicted octanol–water partition coefficient (Wildman–Crippen LogP) is 2.68. The van der Waals surface area contributed by atoms with E-state index < -0.39 is 5.82 Å². The molecule has 2 aromatic heterocycles. The Morgan fingerprint density at radius 2 is 2.06 bits per heavy atom. The van der Waals surface area contributed by atoms with Gasteiger partial charge in [-0.3, -0.25) is 9.48 Å². The standard InChI is InChI=1S/C23H25FN6O2/c1-13-21-14-8-19(22(25)26-10-14)30-6-7-32-12-20(30)17-9-15(24)4-5-16(17)23(31)28(2)11-18(21)27-29(13)3/h4-5,8-10,20H,6-7,11-12H2,1-3H3,(H2,25,26)/t20-/m1/s1. The smallest absolute Gasteiger partial charge is 0.254 e. The Hall–Kier alpha value is -3.46. The van der Waals surface area contributed by atoms with E-state index in [0.29, 0.717) is 43.2 Å². The molecule has 0 radical (unpaired) electrons. The fraction of sp³-hybridized carbons (Fsp3) is 0.348. The third-order valence-corrected chi connectivity index (χ3v) is 6.37. The molecule has 2 aliphatic rings. The number of amides is 1. The Morgan fingerprint density at radius 3 is 2.88 bits per heavy atom. The van der Waals surface area contributed by atoms with Crippen molar-refractivity contribution in [3.8, 4) is 11.1 Å². The summed E-state index contributed by atoms with van der Waals surface area (Å²) in [4.78, 5) is 21.6. The number of nitrogen functional groups attached to an aromatic ring is 1. The number of fused-ring (bicyclic) bond motifs is 8. The van der Waals surface area contributed by atoms with Gasteiger partial charge in [0.2, 0.25) is 0 Å². The number of pyridine rings is 1. The Balaban J connectivity index is 1.80. The van der Waals surface area contributed by atoms with Gasteiger partial charge in [-0.1, -0.05) is 0 Å². The molecule has 0 aliphatic carbocycles. The van der Waals surface area contributed by atoms with E-state index in [1.54, 1.807) is 28.9 Å². The van der Waals surface area contributed by atoms with Crippen LogP contribution in [0.3, 0.4) is 0 Å². The first kappa shape index (κ1) is 20.4. The predicted molar refractivity (Wildman–Crippen MR) is 119 cm³/mol. The van der Waals surface area contributed by atoms with Crippen molar-refractivity contribution in [1.82, 2.24) is 19.7 Å². The van der Waals surface area contributed by atoms with Crippen LogP contribution in [0.2, 0.25) is 0 Å². The summed E-state index contributed by atoms with van der Waals surface area (Å²) in [5, 5.41) is 4.66. The lowest BCUT2D eigenvalue weighted by Crippen LogP contribution is -2.41. The molecule has 5 rings (SSSR count). The number of aryl methyl sites for hydroxylation is 1. The molecule has 1 atom stereocenters. The SMILES string of the molecule is Cc1c2c(nn1C)CN(C)C(=O)c1ccc(F)cc1[C@H]1COCCN1c1cc-2cnc1N. The molecule has 1 fully saturated rings. The molecular formula is C23H25FN6O2. The summed E-state index contributed by atoms with van der Waals surface area (Å²) in [6.07, 6.45) is 1.74. The first-order valence-corrected chi connectivity index (χ1v) is 10.5. The van der Waals surface area contributed by atoms with Gasteiger partial charge in [-0.15, -0.1) is 0 Å². The molecule has 1 amide bonds. The number of benzene rings is 1. The molecule has 2 aliphatic heterocycles. The van der Waals surface area contributed by atoms with Crippen LogP contribution in [-0.2, 0) is 18.3 Å². The second-order valence-corrected chi connectivity index (χ2v) is 8.34. The zero-order valence-corrected chi connectivity index (χ0v) is 18.3. The zero-order chi connectivity index (χ0) is 22.6. The lowest BCUT2D eigenvalue weighted by atomic mass is 9.95. The quantitative estimate of drug-likeness (QED) is 0.583. The average molecular weight is 436 g/mol. The van der Waals surface area contributed by atoms with Crippen molar-refractivity contribution in [2.24, 2.45) is 7.05 Å². The van der Waals surface area contributed by atoms with Crippen LogP contribution < -0.4 is 10.6 Å². The highest BCUT2D eigenvalue weighted by Crippen LogP contribution is 2.39. The van der Waals surface area contributed by atoms with E-state index in [0.717, 1.165) is 28.2 Å². The van der Waals surface area contributed by atoms with E-state index in [9.17, 15) is 9.18 Å². The van der Waals surface area contributed by atoms with Crippen LogP contribution in [0, 0.1) is 12.7 Å². The lowest BCUT2D eigenvalue weighted by molar-refractivity contribution is 0.0772. The van der Waals surface area contributed by atoms with E-state index in [-0.39, 0.29) is 11.9 Å². The summed E-state index contributed by atoms with van der Waals surface area (Å²) in [7, 11) is 3.61. The molecule has 2 N–H and O–H groups in total. The summed E-state index contributed by atoms with van der Waals surface area (Å²) in [6.45, 7) is 3.64.